The quantitative estimate of drug-likeness (QED) is 0.337. The van der Waals surface area contributed by atoms with E-state index in [1.54, 1.807) is 24.0 Å². The Morgan fingerprint density at radius 2 is 1.90 bits per heavy atom. The van der Waals surface area contributed by atoms with Crippen molar-refractivity contribution in [3.05, 3.63) is 54.0 Å². The summed E-state index contributed by atoms with van der Waals surface area (Å²) in [6, 6.07) is 11.3. The lowest BCUT2D eigenvalue weighted by Gasteiger charge is -2.32. The molecule has 226 valence electrons. The van der Waals surface area contributed by atoms with Gasteiger partial charge in [0.05, 0.1) is 24.4 Å². The van der Waals surface area contributed by atoms with Crippen LogP contribution in [-0.4, -0.2) is 92.8 Å². The van der Waals surface area contributed by atoms with Crippen molar-refractivity contribution in [3.8, 4) is 5.75 Å². The van der Waals surface area contributed by atoms with Gasteiger partial charge in [-0.05, 0) is 44.0 Å². The van der Waals surface area contributed by atoms with Crippen molar-refractivity contribution in [2.45, 2.75) is 36.8 Å². The molecule has 3 aromatic rings. The van der Waals surface area contributed by atoms with E-state index in [1.165, 1.54) is 10.4 Å². The number of carbonyl (C=O) groups is 2. The molecule has 1 unspecified atom stereocenters. The molecule has 1 aromatic heterocycles. The Kier molecular flexibility index (Phi) is 8.85. The van der Waals surface area contributed by atoms with E-state index in [1.807, 2.05) is 18.2 Å². The molecule has 2 amide bonds. The van der Waals surface area contributed by atoms with Gasteiger partial charge in [0.15, 0.2) is 0 Å². The highest BCUT2D eigenvalue weighted by Gasteiger charge is 2.37. The van der Waals surface area contributed by atoms with Crippen LogP contribution in [0.15, 0.2) is 47.4 Å². The fourth-order valence-corrected chi connectivity index (χ4v) is 7.06. The maximum absolute atomic E-state index is 15.0. The topological polar surface area (TPSA) is 156 Å². The summed E-state index contributed by atoms with van der Waals surface area (Å²) < 4.78 is 60.7. The number of halogens is 1. The molecule has 14 heteroatoms. The number of ether oxygens (including phenoxy) is 3. The summed E-state index contributed by atoms with van der Waals surface area (Å²) >= 11 is 0. The van der Waals surface area contributed by atoms with Gasteiger partial charge in [0.25, 0.3) is 5.91 Å². The summed E-state index contributed by atoms with van der Waals surface area (Å²) in [5.41, 5.74) is 5.83. The molecule has 0 radical (unpaired) electrons. The number of piperidine rings is 1. The van der Waals surface area contributed by atoms with Gasteiger partial charge in [0, 0.05) is 37.6 Å². The summed E-state index contributed by atoms with van der Waals surface area (Å²) in [4.78, 5) is 28.6. The second-order valence-corrected chi connectivity index (χ2v) is 12.0. The minimum atomic E-state index is -4.31. The smallest absolute Gasteiger partial charge is 0.409 e. The number of amides is 2. The van der Waals surface area contributed by atoms with Gasteiger partial charge in [0.2, 0.25) is 10.0 Å². The monoisotopic (exact) mass is 603 g/mol. The Balaban J connectivity index is 1.39. The highest BCUT2D eigenvalue weighted by molar-refractivity contribution is 7.89. The zero-order valence-corrected chi connectivity index (χ0v) is 24.0. The molecule has 2 aliphatic heterocycles. The first kappa shape index (κ1) is 29.6. The highest BCUT2D eigenvalue weighted by atomic mass is 32.2. The first-order valence-electron chi connectivity index (χ1n) is 13.8. The minimum absolute atomic E-state index is 0.0128. The third-order valence-electron chi connectivity index (χ3n) is 7.33. The number of para-hydroxylation sites is 1. The molecule has 0 saturated carbocycles. The van der Waals surface area contributed by atoms with Crippen molar-refractivity contribution in [1.82, 2.24) is 14.2 Å². The van der Waals surface area contributed by atoms with Crippen molar-refractivity contribution in [2.75, 3.05) is 51.3 Å². The van der Waals surface area contributed by atoms with Gasteiger partial charge >= 0.3 is 6.09 Å². The zero-order chi connectivity index (χ0) is 29.9. The number of likely N-dealkylation sites (tertiary alicyclic amines) is 1. The summed E-state index contributed by atoms with van der Waals surface area (Å²) in [6.45, 7) is 3.14. The third kappa shape index (κ3) is 6.30. The Labute approximate surface area is 242 Å². The molecule has 42 heavy (non-hydrogen) atoms. The lowest BCUT2D eigenvalue weighted by atomic mass is 10.0. The molecule has 0 aliphatic carbocycles. The molecule has 12 nitrogen and oxygen atoms in total. The number of aromatic nitrogens is 1. The number of anilines is 1. The molecule has 2 fully saturated rings. The number of hydrogen-bond acceptors (Lipinski definition) is 8. The van der Waals surface area contributed by atoms with Crippen LogP contribution in [0, 0.1) is 5.82 Å². The maximum atomic E-state index is 15.0. The SMILES string of the molecule is CCOC(=O)N1CCC(Nc2cc(F)cc3c(S(=O)(=O)N4CCOC(COc5ccccc5)C4)c(C(N)=O)[nH]c23)CC1. The van der Waals surface area contributed by atoms with Gasteiger partial charge < -0.3 is 35.1 Å². The van der Waals surface area contributed by atoms with Crippen LogP contribution >= 0.6 is 0 Å². The molecule has 2 aliphatic rings. The van der Waals surface area contributed by atoms with E-state index in [-0.39, 0.29) is 66.5 Å². The van der Waals surface area contributed by atoms with Crippen LogP contribution in [0.25, 0.3) is 10.9 Å². The number of aromatic amines is 1. The van der Waals surface area contributed by atoms with Crippen LogP contribution in [-0.2, 0) is 19.5 Å². The first-order valence-corrected chi connectivity index (χ1v) is 15.2. The fraction of sp³-hybridized carbons (Fsp3) is 0.429. The summed E-state index contributed by atoms with van der Waals surface area (Å²) in [5.74, 6) is -1.05. The normalized spacial score (nSPS) is 18.6. The van der Waals surface area contributed by atoms with E-state index in [9.17, 15) is 22.4 Å². The largest absolute Gasteiger partial charge is 0.491 e. The van der Waals surface area contributed by atoms with Gasteiger partial charge in [-0.1, -0.05) is 18.2 Å². The lowest BCUT2D eigenvalue weighted by molar-refractivity contribution is -0.0249. The Morgan fingerprint density at radius 1 is 1.17 bits per heavy atom. The average molecular weight is 604 g/mol. The summed E-state index contributed by atoms with van der Waals surface area (Å²) in [5, 5.41) is 3.27. The number of carbonyl (C=O) groups excluding carboxylic acids is 2. The molecule has 0 bridgehead atoms. The Bertz CT molecular complexity index is 1540. The van der Waals surface area contributed by atoms with Crippen LogP contribution in [0.1, 0.15) is 30.3 Å². The van der Waals surface area contributed by atoms with Crippen molar-refractivity contribution in [1.29, 1.82) is 0 Å². The van der Waals surface area contributed by atoms with Gasteiger partial charge in [-0.2, -0.15) is 4.31 Å². The average Bonchev–Trinajstić information content (AvgIpc) is 3.38. The number of nitrogens with one attached hydrogen (secondary N) is 2. The highest BCUT2D eigenvalue weighted by Crippen LogP contribution is 2.35. The van der Waals surface area contributed by atoms with E-state index >= 15 is 0 Å². The Morgan fingerprint density at radius 3 is 2.60 bits per heavy atom. The second kappa shape index (κ2) is 12.5. The van der Waals surface area contributed by atoms with E-state index in [2.05, 4.69) is 10.3 Å². The van der Waals surface area contributed by atoms with Crippen molar-refractivity contribution >= 4 is 38.6 Å². The molecule has 2 aromatic carbocycles. The molecule has 5 rings (SSSR count). The van der Waals surface area contributed by atoms with E-state index in [0.717, 1.165) is 6.07 Å². The molecule has 1 atom stereocenters. The number of H-pyrrole nitrogens is 1. The number of nitrogens with two attached hydrogens (primary N) is 1. The number of benzene rings is 2. The predicted octanol–water partition coefficient (Wildman–Crippen LogP) is 2.91. The second-order valence-electron chi connectivity index (χ2n) is 10.2. The number of fused-ring (bicyclic) bond motifs is 1. The molecule has 4 N–H and O–H groups in total. The third-order valence-corrected chi connectivity index (χ3v) is 9.28. The van der Waals surface area contributed by atoms with Gasteiger partial charge in [-0.3, -0.25) is 4.79 Å². The van der Waals surface area contributed by atoms with E-state index in [4.69, 9.17) is 19.9 Å². The van der Waals surface area contributed by atoms with E-state index < -0.39 is 27.9 Å². The minimum Gasteiger partial charge on any atom is -0.491 e. The zero-order valence-electron chi connectivity index (χ0n) is 23.2. The van der Waals surface area contributed by atoms with Crippen molar-refractivity contribution in [3.63, 3.8) is 0 Å². The summed E-state index contributed by atoms with van der Waals surface area (Å²) in [7, 11) is -4.31. The van der Waals surface area contributed by atoms with Crippen molar-refractivity contribution < 1.29 is 36.6 Å². The van der Waals surface area contributed by atoms with Crippen LogP contribution < -0.4 is 15.8 Å². The maximum Gasteiger partial charge on any atom is 0.409 e. The molecule has 3 heterocycles. The van der Waals surface area contributed by atoms with Crippen LogP contribution in [0.4, 0.5) is 14.9 Å². The fourth-order valence-electron chi connectivity index (χ4n) is 5.28. The predicted molar refractivity (Wildman–Crippen MR) is 152 cm³/mol. The molecular weight excluding hydrogens is 569 g/mol. The van der Waals surface area contributed by atoms with Gasteiger partial charge in [-0.25, -0.2) is 17.6 Å². The molecule has 2 saturated heterocycles. The lowest BCUT2D eigenvalue weighted by Crippen LogP contribution is -2.47. The number of hydrogen-bond donors (Lipinski definition) is 3. The number of rotatable bonds is 9. The summed E-state index contributed by atoms with van der Waals surface area (Å²) in [6.07, 6.45) is 0.175. The van der Waals surface area contributed by atoms with Crippen LogP contribution in [0.2, 0.25) is 0 Å². The number of morpholine rings is 1. The van der Waals surface area contributed by atoms with Crippen molar-refractivity contribution in [2.24, 2.45) is 5.73 Å². The van der Waals surface area contributed by atoms with Gasteiger partial charge in [-0.15, -0.1) is 0 Å². The Hall–Kier alpha value is -3.88. The van der Waals surface area contributed by atoms with Crippen LogP contribution in [0.5, 0.6) is 5.75 Å². The standard InChI is InChI=1S/C28H34FN5O7S/c1-2-39-28(36)33-10-8-19(9-11-33)31-23-15-18(29)14-22-24(23)32-25(27(30)35)26(22)42(37,38)34-12-13-40-21(16-34)17-41-20-6-4-3-5-7-20/h3-7,14-15,19,21,31-32H,2,8-13,16-17H2,1H3,(H2,30,35). The van der Waals surface area contributed by atoms with Crippen LogP contribution in [0.3, 0.4) is 0 Å². The number of primary amides is 1. The number of nitrogens with zero attached hydrogens (tertiary/aromatic N) is 2. The van der Waals surface area contributed by atoms with Gasteiger partial charge in [0.1, 0.15) is 34.9 Å². The number of sulfonamides is 1. The first-order chi connectivity index (χ1) is 20.2. The molecule has 0 spiro atoms. The van der Waals surface area contributed by atoms with E-state index in [0.29, 0.717) is 37.4 Å². The molecular formula is C28H34FN5O7S.